The lowest BCUT2D eigenvalue weighted by atomic mass is 10.0. The van der Waals surface area contributed by atoms with Gasteiger partial charge in [-0.25, -0.2) is 4.98 Å². The third-order valence-electron chi connectivity index (χ3n) is 3.82. The van der Waals surface area contributed by atoms with E-state index in [2.05, 4.69) is 25.8 Å². The highest BCUT2D eigenvalue weighted by atomic mass is 15.1. The quantitative estimate of drug-likeness (QED) is 0.799. The molecule has 0 amide bonds. The molecule has 21 heavy (non-hydrogen) atoms. The summed E-state index contributed by atoms with van der Waals surface area (Å²) in [6.45, 7) is 3.87. The van der Waals surface area contributed by atoms with Crippen LogP contribution in [0.25, 0.3) is 11.0 Å². The minimum atomic E-state index is -0.130. The molecular formula is C16H19N5. The number of nitrogens with two attached hydrogens (primary N) is 1. The second-order valence-corrected chi connectivity index (χ2v) is 5.41. The Morgan fingerprint density at radius 3 is 2.71 bits per heavy atom. The van der Waals surface area contributed by atoms with E-state index in [1.807, 2.05) is 45.2 Å². The standard InChI is InChI=1S/C16H19N5/c1-10-8-12(11(2)20-19-10)13(17)9-16-18-14-6-4-5-7-15(14)21(16)3/h4-8,13H,9,17H2,1-3H3. The molecule has 3 aromatic rings. The van der Waals surface area contributed by atoms with E-state index in [-0.39, 0.29) is 6.04 Å². The summed E-state index contributed by atoms with van der Waals surface area (Å²) in [4.78, 5) is 4.68. The molecule has 0 saturated heterocycles. The van der Waals surface area contributed by atoms with E-state index in [9.17, 15) is 0 Å². The minimum absolute atomic E-state index is 0.130. The molecule has 1 atom stereocenters. The van der Waals surface area contributed by atoms with Crippen molar-refractivity contribution in [1.82, 2.24) is 19.7 Å². The molecule has 3 rings (SSSR count). The topological polar surface area (TPSA) is 69.6 Å². The first-order valence-electron chi connectivity index (χ1n) is 7.03. The van der Waals surface area contributed by atoms with E-state index in [1.165, 1.54) is 0 Å². The predicted molar refractivity (Wildman–Crippen MR) is 82.9 cm³/mol. The summed E-state index contributed by atoms with van der Waals surface area (Å²) in [5.74, 6) is 0.984. The minimum Gasteiger partial charge on any atom is -0.331 e. The fraction of sp³-hybridized carbons (Fsp3) is 0.312. The van der Waals surface area contributed by atoms with Gasteiger partial charge in [-0.2, -0.15) is 10.2 Å². The molecule has 5 heteroatoms. The highest BCUT2D eigenvalue weighted by Crippen LogP contribution is 2.21. The third-order valence-corrected chi connectivity index (χ3v) is 3.82. The van der Waals surface area contributed by atoms with Crippen molar-refractivity contribution in [2.24, 2.45) is 12.8 Å². The highest BCUT2D eigenvalue weighted by molar-refractivity contribution is 5.75. The fourth-order valence-corrected chi connectivity index (χ4v) is 2.63. The molecule has 5 nitrogen and oxygen atoms in total. The Morgan fingerprint density at radius 2 is 1.95 bits per heavy atom. The monoisotopic (exact) mass is 281 g/mol. The first-order chi connectivity index (χ1) is 10.1. The van der Waals surface area contributed by atoms with Crippen molar-refractivity contribution in [3.05, 3.63) is 53.1 Å². The van der Waals surface area contributed by atoms with E-state index >= 15 is 0 Å². The van der Waals surface area contributed by atoms with Crippen LogP contribution in [0, 0.1) is 13.8 Å². The summed E-state index contributed by atoms with van der Waals surface area (Å²) in [7, 11) is 2.03. The van der Waals surface area contributed by atoms with Crippen LogP contribution in [-0.2, 0) is 13.5 Å². The molecule has 1 unspecified atom stereocenters. The molecule has 0 bridgehead atoms. The van der Waals surface area contributed by atoms with Crippen molar-refractivity contribution in [2.75, 3.05) is 0 Å². The van der Waals surface area contributed by atoms with E-state index in [0.717, 1.165) is 33.8 Å². The summed E-state index contributed by atoms with van der Waals surface area (Å²) >= 11 is 0. The number of rotatable bonds is 3. The van der Waals surface area contributed by atoms with Gasteiger partial charge in [0.05, 0.1) is 22.4 Å². The molecular weight excluding hydrogens is 262 g/mol. The second kappa shape index (κ2) is 5.26. The lowest BCUT2D eigenvalue weighted by Crippen LogP contribution is -2.18. The molecule has 2 heterocycles. The van der Waals surface area contributed by atoms with Crippen LogP contribution >= 0.6 is 0 Å². The Balaban J connectivity index is 1.94. The highest BCUT2D eigenvalue weighted by Gasteiger charge is 2.15. The van der Waals surface area contributed by atoms with Crippen molar-refractivity contribution in [3.8, 4) is 0 Å². The fourth-order valence-electron chi connectivity index (χ4n) is 2.63. The van der Waals surface area contributed by atoms with E-state index in [0.29, 0.717) is 6.42 Å². The van der Waals surface area contributed by atoms with Gasteiger partial charge in [0.1, 0.15) is 5.82 Å². The number of aromatic nitrogens is 4. The van der Waals surface area contributed by atoms with Gasteiger partial charge in [0.15, 0.2) is 0 Å². The number of fused-ring (bicyclic) bond motifs is 1. The molecule has 0 aliphatic heterocycles. The summed E-state index contributed by atoms with van der Waals surface area (Å²) in [6.07, 6.45) is 0.678. The largest absolute Gasteiger partial charge is 0.331 e. The first kappa shape index (κ1) is 13.7. The molecule has 2 aromatic heterocycles. The maximum atomic E-state index is 6.37. The van der Waals surface area contributed by atoms with Crippen molar-refractivity contribution in [3.63, 3.8) is 0 Å². The van der Waals surface area contributed by atoms with Gasteiger partial charge in [-0.05, 0) is 37.6 Å². The smallest absolute Gasteiger partial charge is 0.111 e. The van der Waals surface area contributed by atoms with Crippen LogP contribution in [0.4, 0.5) is 0 Å². The third kappa shape index (κ3) is 2.52. The number of hydrogen-bond donors (Lipinski definition) is 1. The number of hydrogen-bond acceptors (Lipinski definition) is 4. The number of imidazole rings is 1. The lowest BCUT2D eigenvalue weighted by molar-refractivity contribution is 0.653. The van der Waals surface area contributed by atoms with Gasteiger partial charge >= 0.3 is 0 Å². The van der Waals surface area contributed by atoms with Crippen LogP contribution in [0.1, 0.15) is 28.8 Å². The summed E-state index contributed by atoms with van der Waals surface area (Å²) < 4.78 is 2.10. The maximum Gasteiger partial charge on any atom is 0.111 e. The van der Waals surface area contributed by atoms with Gasteiger partial charge in [0.2, 0.25) is 0 Å². The van der Waals surface area contributed by atoms with Crippen molar-refractivity contribution >= 4 is 11.0 Å². The Labute approximate surface area is 123 Å². The van der Waals surface area contributed by atoms with Crippen LogP contribution in [0.15, 0.2) is 30.3 Å². The van der Waals surface area contributed by atoms with Gasteiger partial charge < -0.3 is 10.3 Å². The molecule has 108 valence electrons. The molecule has 0 radical (unpaired) electrons. The average Bonchev–Trinajstić information content (AvgIpc) is 2.78. The number of aryl methyl sites for hydroxylation is 3. The van der Waals surface area contributed by atoms with Crippen molar-refractivity contribution in [2.45, 2.75) is 26.3 Å². The maximum absolute atomic E-state index is 6.37. The van der Waals surface area contributed by atoms with Gasteiger partial charge in [0, 0.05) is 19.5 Å². The summed E-state index contributed by atoms with van der Waals surface area (Å²) in [5.41, 5.74) is 11.3. The van der Waals surface area contributed by atoms with Gasteiger partial charge in [-0.3, -0.25) is 0 Å². The number of para-hydroxylation sites is 2. The molecule has 0 aliphatic carbocycles. The lowest BCUT2D eigenvalue weighted by Gasteiger charge is -2.14. The zero-order valence-corrected chi connectivity index (χ0v) is 12.5. The zero-order valence-electron chi connectivity index (χ0n) is 12.5. The molecule has 0 fully saturated rings. The number of benzene rings is 1. The average molecular weight is 281 g/mol. The Morgan fingerprint density at radius 1 is 1.19 bits per heavy atom. The normalized spacial score (nSPS) is 12.8. The molecule has 0 aliphatic rings. The number of nitrogens with zero attached hydrogens (tertiary/aromatic N) is 4. The van der Waals surface area contributed by atoms with Crippen LogP contribution in [0.2, 0.25) is 0 Å². The van der Waals surface area contributed by atoms with Crippen LogP contribution < -0.4 is 5.73 Å². The van der Waals surface area contributed by atoms with Crippen LogP contribution in [0.5, 0.6) is 0 Å². The molecule has 0 saturated carbocycles. The van der Waals surface area contributed by atoms with Crippen molar-refractivity contribution < 1.29 is 0 Å². The Hall–Kier alpha value is -2.27. The molecule has 1 aromatic carbocycles. The summed E-state index contributed by atoms with van der Waals surface area (Å²) in [5, 5.41) is 8.20. The zero-order chi connectivity index (χ0) is 15.0. The van der Waals surface area contributed by atoms with Gasteiger partial charge in [0.25, 0.3) is 0 Å². The van der Waals surface area contributed by atoms with E-state index in [1.54, 1.807) is 0 Å². The van der Waals surface area contributed by atoms with Crippen LogP contribution in [0.3, 0.4) is 0 Å². The Kier molecular flexibility index (Phi) is 3.43. The van der Waals surface area contributed by atoms with E-state index < -0.39 is 0 Å². The van der Waals surface area contributed by atoms with Crippen LogP contribution in [-0.4, -0.2) is 19.7 Å². The Bertz CT molecular complexity index is 790. The summed E-state index contributed by atoms with van der Waals surface area (Å²) in [6, 6.07) is 9.99. The SMILES string of the molecule is Cc1cc(C(N)Cc2nc3ccccc3n2C)c(C)nn1. The van der Waals surface area contributed by atoms with E-state index in [4.69, 9.17) is 5.73 Å². The first-order valence-corrected chi connectivity index (χ1v) is 7.03. The van der Waals surface area contributed by atoms with Gasteiger partial charge in [-0.1, -0.05) is 12.1 Å². The predicted octanol–water partition coefficient (Wildman–Crippen LogP) is 2.22. The molecule has 0 spiro atoms. The van der Waals surface area contributed by atoms with Gasteiger partial charge in [-0.15, -0.1) is 0 Å². The second-order valence-electron chi connectivity index (χ2n) is 5.41. The van der Waals surface area contributed by atoms with Crippen molar-refractivity contribution in [1.29, 1.82) is 0 Å². The molecule has 2 N–H and O–H groups in total.